The molecule has 3 atom stereocenters. The Balaban J connectivity index is 2.40. The largest absolute Gasteiger partial charge is 0.392 e. The number of aliphatic hydroxyl groups excluding tert-OH is 1. The SMILES string of the molecule is CCNC1CCN(CC(C)O)CC1CC. The van der Waals surface area contributed by atoms with E-state index in [9.17, 15) is 5.11 Å². The minimum atomic E-state index is -0.196. The molecule has 0 amide bonds. The predicted octanol–water partition coefficient (Wildman–Crippen LogP) is 1.08. The summed E-state index contributed by atoms with van der Waals surface area (Å²) in [5, 5.41) is 12.9. The molecule has 1 aliphatic heterocycles. The van der Waals surface area contributed by atoms with E-state index in [1.165, 1.54) is 12.8 Å². The Hall–Kier alpha value is -0.120. The van der Waals surface area contributed by atoms with E-state index >= 15 is 0 Å². The van der Waals surface area contributed by atoms with Crippen molar-refractivity contribution in [2.45, 2.75) is 45.8 Å². The van der Waals surface area contributed by atoms with E-state index in [1.54, 1.807) is 0 Å². The normalized spacial score (nSPS) is 30.4. The highest BCUT2D eigenvalue weighted by atomic mass is 16.3. The molecular weight excluding hydrogens is 188 g/mol. The maximum Gasteiger partial charge on any atom is 0.0639 e. The first-order chi connectivity index (χ1) is 7.17. The van der Waals surface area contributed by atoms with E-state index in [1.807, 2.05) is 6.92 Å². The van der Waals surface area contributed by atoms with Gasteiger partial charge in [0.2, 0.25) is 0 Å². The molecule has 15 heavy (non-hydrogen) atoms. The van der Waals surface area contributed by atoms with Crippen molar-refractivity contribution in [2.75, 3.05) is 26.2 Å². The van der Waals surface area contributed by atoms with Crippen LogP contribution in [0.2, 0.25) is 0 Å². The monoisotopic (exact) mass is 214 g/mol. The third kappa shape index (κ3) is 4.09. The van der Waals surface area contributed by atoms with Crippen molar-refractivity contribution in [3.63, 3.8) is 0 Å². The van der Waals surface area contributed by atoms with Crippen LogP contribution in [0.5, 0.6) is 0 Å². The fraction of sp³-hybridized carbons (Fsp3) is 1.00. The molecule has 0 spiro atoms. The van der Waals surface area contributed by atoms with Crippen LogP contribution in [0.3, 0.4) is 0 Å². The van der Waals surface area contributed by atoms with Gasteiger partial charge in [0, 0.05) is 19.1 Å². The topological polar surface area (TPSA) is 35.5 Å². The van der Waals surface area contributed by atoms with Crippen LogP contribution in [0, 0.1) is 5.92 Å². The first-order valence-corrected chi connectivity index (χ1v) is 6.31. The number of nitrogens with zero attached hydrogens (tertiary/aromatic N) is 1. The minimum absolute atomic E-state index is 0.196. The van der Waals surface area contributed by atoms with E-state index in [2.05, 4.69) is 24.1 Å². The van der Waals surface area contributed by atoms with Crippen molar-refractivity contribution < 1.29 is 5.11 Å². The van der Waals surface area contributed by atoms with Crippen molar-refractivity contribution in [2.24, 2.45) is 5.92 Å². The number of hydrogen-bond donors (Lipinski definition) is 2. The van der Waals surface area contributed by atoms with Gasteiger partial charge in [-0.25, -0.2) is 0 Å². The van der Waals surface area contributed by atoms with E-state index in [0.29, 0.717) is 6.04 Å². The molecular formula is C12H26N2O. The number of likely N-dealkylation sites (tertiary alicyclic amines) is 1. The molecule has 2 N–H and O–H groups in total. The number of rotatable bonds is 5. The Bertz CT molecular complexity index is 173. The van der Waals surface area contributed by atoms with E-state index in [0.717, 1.165) is 32.1 Å². The quantitative estimate of drug-likeness (QED) is 0.719. The van der Waals surface area contributed by atoms with Gasteiger partial charge >= 0.3 is 0 Å². The van der Waals surface area contributed by atoms with Gasteiger partial charge in [0.25, 0.3) is 0 Å². The second-order valence-corrected chi connectivity index (χ2v) is 4.73. The zero-order valence-corrected chi connectivity index (χ0v) is 10.4. The summed E-state index contributed by atoms with van der Waals surface area (Å²) in [4.78, 5) is 2.40. The summed E-state index contributed by atoms with van der Waals surface area (Å²) in [5.74, 6) is 0.748. The van der Waals surface area contributed by atoms with Crippen LogP contribution in [0.15, 0.2) is 0 Å². The highest BCUT2D eigenvalue weighted by molar-refractivity contribution is 4.84. The third-order valence-corrected chi connectivity index (χ3v) is 3.33. The summed E-state index contributed by atoms with van der Waals surface area (Å²) in [6.07, 6.45) is 2.26. The molecule has 1 rings (SSSR count). The maximum atomic E-state index is 9.38. The fourth-order valence-electron chi connectivity index (χ4n) is 2.59. The van der Waals surface area contributed by atoms with Crippen LogP contribution >= 0.6 is 0 Å². The number of piperidine rings is 1. The summed E-state index contributed by atoms with van der Waals surface area (Å²) in [7, 11) is 0. The Morgan fingerprint density at radius 2 is 2.20 bits per heavy atom. The summed E-state index contributed by atoms with van der Waals surface area (Å²) >= 11 is 0. The maximum absolute atomic E-state index is 9.38. The van der Waals surface area contributed by atoms with Gasteiger partial charge in [-0.3, -0.25) is 0 Å². The van der Waals surface area contributed by atoms with Gasteiger partial charge in [-0.1, -0.05) is 20.3 Å². The van der Waals surface area contributed by atoms with Gasteiger partial charge in [-0.15, -0.1) is 0 Å². The lowest BCUT2D eigenvalue weighted by Gasteiger charge is -2.39. The molecule has 0 bridgehead atoms. The standard InChI is InChI=1S/C12H26N2O/c1-4-11-9-14(8-10(3)15)7-6-12(11)13-5-2/h10-13,15H,4-9H2,1-3H3. The van der Waals surface area contributed by atoms with Gasteiger partial charge in [0.05, 0.1) is 6.10 Å². The van der Waals surface area contributed by atoms with Crippen molar-refractivity contribution in [3.8, 4) is 0 Å². The second-order valence-electron chi connectivity index (χ2n) is 4.73. The molecule has 1 heterocycles. The highest BCUT2D eigenvalue weighted by Gasteiger charge is 2.27. The number of aliphatic hydroxyl groups is 1. The van der Waals surface area contributed by atoms with Crippen molar-refractivity contribution >= 4 is 0 Å². The average Bonchev–Trinajstić information content (AvgIpc) is 2.20. The van der Waals surface area contributed by atoms with Gasteiger partial charge in [0.1, 0.15) is 0 Å². The molecule has 1 fully saturated rings. The highest BCUT2D eigenvalue weighted by Crippen LogP contribution is 2.20. The van der Waals surface area contributed by atoms with Crippen molar-refractivity contribution in [1.82, 2.24) is 10.2 Å². The molecule has 0 aromatic rings. The number of β-amino-alcohol motifs (C(OH)–C–C–N with tert-alkyl or cyclic N) is 1. The van der Waals surface area contributed by atoms with E-state index in [4.69, 9.17) is 0 Å². The summed E-state index contributed by atoms with van der Waals surface area (Å²) in [6, 6.07) is 0.685. The van der Waals surface area contributed by atoms with E-state index in [-0.39, 0.29) is 6.10 Å². The van der Waals surface area contributed by atoms with Crippen molar-refractivity contribution in [3.05, 3.63) is 0 Å². The van der Waals surface area contributed by atoms with Crippen LogP contribution in [0.25, 0.3) is 0 Å². The molecule has 0 aromatic heterocycles. The second kappa shape index (κ2) is 6.46. The zero-order chi connectivity index (χ0) is 11.3. The predicted molar refractivity (Wildman–Crippen MR) is 64.0 cm³/mol. The lowest BCUT2D eigenvalue weighted by Crippen LogP contribution is -2.50. The zero-order valence-electron chi connectivity index (χ0n) is 10.4. The Morgan fingerprint density at radius 3 is 2.73 bits per heavy atom. The Kier molecular flexibility index (Phi) is 5.58. The van der Waals surface area contributed by atoms with Crippen LogP contribution < -0.4 is 5.32 Å². The lowest BCUT2D eigenvalue weighted by molar-refractivity contribution is 0.0789. The molecule has 0 saturated carbocycles. The van der Waals surface area contributed by atoms with Crippen LogP contribution in [0.1, 0.15) is 33.6 Å². The minimum Gasteiger partial charge on any atom is -0.392 e. The smallest absolute Gasteiger partial charge is 0.0639 e. The number of hydrogen-bond acceptors (Lipinski definition) is 3. The molecule has 3 heteroatoms. The molecule has 3 unspecified atom stereocenters. The van der Waals surface area contributed by atoms with E-state index < -0.39 is 0 Å². The van der Waals surface area contributed by atoms with Crippen LogP contribution in [-0.4, -0.2) is 48.3 Å². The van der Waals surface area contributed by atoms with Gasteiger partial charge in [0.15, 0.2) is 0 Å². The summed E-state index contributed by atoms with van der Waals surface area (Å²) in [5.41, 5.74) is 0. The van der Waals surface area contributed by atoms with Gasteiger partial charge in [-0.05, 0) is 32.4 Å². The van der Waals surface area contributed by atoms with Gasteiger partial charge < -0.3 is 15.3 Å². The molecule has 3 nitrogen and oxygen atoms in total. The Labute approximate surface area is 93.9 Å². The van der Waals surface area contributed by atoms with Crippen molar-refractivity contribution in [1.29, 1.82) is 0 Å². The lowest BCUT2D eigenvalue weighted by atomic mass is 9.90. The van der Waals surface area contributed by atoms with Crippen LogP contribution in [0.4, 0.5) is 0 Å². The fourth-order valence-corrected chi connectivity index (χ4v) is 2.59. The van der Waals surface area contributed by atoms with Crippen LogP contribution in [-0.2, 0) is 0 Å². The summed E-state index contributed by atoms with van der Waals surface area (Å²) in [6.45, 7) is 10.5. The average molecular weight is 214 g/mol. The molecule has 0 aliphatic carbocycles. The first-order valence-electron chi connectivity index (χ1n) is 6.31. The summed E-state index contributed by atoms with van der Waals surface area (Å²) < 4.78 is 0. The van der Waals surface area contributed by atoms with Gasteiger partial charge in [-0.2, -0.15) is 0 Å². The Morgan fingerprint density at radius 1 is 1.47 bits per heavy atom. The molecule has 90 valence electrons. The molecule has 0 radical (unpaired) electrons. The molecule has 1 aliphatic rings. The molecule has 0 aromatic carbocycles. The third-order valence-electron chi connectivity index (χ3n) is 3.33. The number of nitrogens with one attached hydrogen (secondary N) is 1. The first kappa shape index (κ1) is 12.9. The molecule has 1 saturated heterocycles.